The second kappa shape index (κ2) is 11.4. The number of carboxylic acids is 1. The highest BCUT2D eigenvalue weighted by molar-refractivity contribution is 6.45. The first kappa shape index (κ1) is 28.7. The Kier molecular flexibility index (Phi) is 7.97. The predicted molar refractivity (Wildman–Crippen MR) is 128 cm³/mol. The van der Waals surface area contributed by atoms with Crippen LogP contribution in [0.2, 0.25) is 0 Å². The number of carbonyl (C=O) groups excluding carboxylic acids is 4. The molecule has 0 unspecified atom stereocenters. The number of amides is 2. The molecular formula is C24H20F4N8O5. The second-order valence-corrected chi connectivity index (χ2v) is 8.56. The number of aromatic nitrogens is 5. The summed E-state index contributed by atoms with van der Waals surface area (Å²) in [6.07, 6.45) is 0.0402. The lowest BCUT2D eigenvalue weighted by Gasteiger charge is -2.34. The molecular weight excluding hydrogens is 556 g/mol. The molecule has 41 heavy (non-hydrogen) atoms. The van der Waals surface area contributed by atoms with Crippen molar-refractivity contribution in [3.8, 4) is 5.82 Å². The van der Waals surface area contributed by atoms with Gasteiger partial charge in [-0.1, -0.05) is 22.9 Å². The van der Waals surface area contributed by atoms with Crippen molar-refractivity contribution in [1.82, 2.24) is 29.7 Å². The van der Waals surface area contributed by atoms with E-state index < -0.39 is 29.7 Å². The lowest BCUT2D eigenvalue weighted by molar-refractivity contribution is -0.701. The van der Waals surface area contributed by atoms with Gasteiger partial charge >= 0.3 is 6.18 Å². The summed E-state index contributed by atoms with van der Waals surface area (Å²) in [5.74, 6) is 0.301. The number of benzene rings is 1. The maximum absolute atomic E-state index is 14.7. The van der Waals surface area contributed by atoms with Crippen LogP contribution in [0.25, 0.3) is 16.7 Å². The number of aliphatic carboxylic acids is 1. The molecule has 1 aliphatic rings. The lowest BCUT2D eigenvalue weighted by atomic mass is 10.1. The minimum Gasteiger partial charge on any atom is -0.542 e. The van der Waals surface area contributed by atoms with E-state index in [1.54, 1.807) is 29.2 Å². The van der Waals surface area contributed by atoms with E-state index in [2.05, 4.69) is 15.2 Å². The van der Waals surface area contributed by atoms with E-state index in [0.29, 0.717) is 18.7 Å². The Morgan fingerprint density at radius 1 is 1.02 bits per heavy atom. The van der Waals surface area contributed by atoms with Gasteiger partial charge in [-0.2, -0.15) is 13.2 Å². The molecule has 5 rings (SSSR count). The van der Waals surface area contributed by atoms with Crippen LogP contribution in [0.5, 0.6) is 0 Å². The molecule has 0 bridgehead atoms. The van der Waals surface area contributed by atoms with Gasteiger partial charge in [0, 0.05) is 37.9 Å². The van der Waals surface area contributed by atoms with Crippen LogP contribution in [0.3, 0.4) is 0 Å². The molecule has 1 aromatic carbocycles. The number of nitrogens with zero attached hydrogens (tertiary/aromatic N) is 6. The van der Waals surface area contributed by atoms with Gasteiger partial charge in [-0.05, 0) is 16.9 Å². The number of fused-ring (bicyclic) bond motifs is 1. The van der Waals surface area contributed by atoms with Crippen LogP contribution in [0.15, 0.2) is 55.1 Å². The fourth-order valence-corrected chi connectivity index (χ4v) is 4.00. The number of nitrogens with two attached hydrogens (primary N) is 1. The molecule has 4 heterocycles. The third kappa shape index (κ3) is 6.13. The molecule has 17 heteroatoms. The fraction of sp³-hybridized carbons (Fsp3) is 0.208. The molecule has 0 atom stereocenters. The van der Waals surface area contributed by atoms with Gasteiger partial charge in [0.15, 0.2) is 18.2 Å². The number of rotatable bonds is 4. The third-order valence-corrected chi connectivity index (χ3v) is 5.97. The summed E-state index contributed by atoms with van der Waals surface area (Å²) in [7, 11) is 0. The van der Waals surface area contributed by atoms with Crippen molar-refractivity contribution in [2.45, 2.75) is 6.18 Å². The van der Waals surface area contributed by atoms with Crippen molar-refractivity contribution in [3.63, 3.8) is 0 Å². The van der Waals surface area contributed by atoms with Crippen LogP contribution in [-0.2, 0) is 9.59 Å². The standard InChI is InChI=1S/C22H19FN8O3.C2HF3O2/c23-16-13-26-20(30-10-11-31(24)27-30)18-17(16)15(12-25-18)19(32)22(34)29-8-6-28(7-9-29)21(33)14-4-2-1-3-5-14;3-2(4,5)1(6)7/h1-5,10-13H,6-9H2,(H2-,24,25,26,27,32);(H,6,7). The molecule has 1 aliphatic heterocycles. The smallest absolute Gasteiger partial charge is 0.430 e. The maximum atomic E-state index is 14.7. The van der Waals surface area contributed by atoms with Gasteiger partial charge in [0.1, 0.15) is 16.7 Å². The van der Waals surface area contributed by atoms with E-state index in [0.717, 1.165) is 11.0 Å². The van der Waals surface area contributed by atoms with Gasteiger partial charge in [-0.15, -0.1) is 0 Å². The molecule has 1 fully saturated rings. The first-order chi connectivity index (χ1) is 19.4. The Morgan fingerprint density at radius 2 is 1.63 bits per heavy atom. The van der Waals surface area contributed by atoms with Gasteiger partial charge in [0.05, 0.1) is 17.1 Å². The summed E-state index contributed by atoms with van der Waals surface area (Å²) in [4.78, 5) is 58.3. The number of aromatic amines is 1. The average molecular weight is 576 g/mol. The number of halogens is 4. The number of Topliss-reactive ketones (excluding diaryl/α,β-unsaturated/α-hetero) is 1. The number of hydrogen-bond donors (Lipinski definition) is 2. The Labute approximate surface area is 227 Å². The SMILES string of the molecule is N[n+]1ccn(-c2ncc(F)c3c(C(=O)C(=O)N4CCN(C(=O)c5ccccc5)CC4)c[nH]c23)n1.O=C([O-])C(F)(F)F. The molecule has 0 aliphatic carbocycles. The molecule has 3 N–H and O–H groups in total. The van der Waals surface area contributed by atoms with E-state index in [9.17, 15) is 31.9 Å². The van der Waals surface area contributed by atoms with Crippen molar-refractivity contribution in [3.05, 3.63) is 72.1 Å². The Hall–Kier alpha value is -5.35. The fourth-order valence-electron chi connectivity index (χ4n) is 4.00. The molecule has 1 saturated heterocycles. The summed E-state index contributed by atoms with van der Waals surface area (Å²) >= 11 is 0. The van der Waals surface area contributed by atoms with Crippen molar-refractivity contribution in [1.29, 1.82) is 0 Å². The number of carboxylic acid groups (broad SMARTS) is 1. The number of H-pyrrole nitrogens is 1. The van der Waals surface area contributed by atoms with E-state index in [1.807, 2.05) is 6.07 Å². The lowest BCUT2D eigenvalue weighted by Crippen LogP contribution is -2.52. The van der Waals surface area contributed by atoms with Gasteiger partial charge < -0.3 is 24.7 Å². The van der Waals surface area contributed by atoms with Crippen LogP contribution in [0.4, 0.5) is 17.6 Å². The van der Waals surface area contributed by atoms with Crippen molar-refractivity contribution in [2.75, 3.05) is 32.0 Å². The average Bonchev–Trinajstić information content (AvgIpc) is 3.60. The number of carbonyl (C=O) groups is 4. The number of piperazine rings is 1. The molecule has 2 amide bonds. The minimum absolute atomic E-state index is 0.0553. The highest BCUT2D eigenvalue weighted by atomic mass is 19.4. The molecule has 0 spiro atoms. The van der Waals surface area contributed by atoms with Gasteiger partial charge in [-0.25, -0.2) is 15.2 Å². The number of hydrogen-bond acceptors (Lipinski definition) is 8. The Morgan fingerprint density at radius 3 is 2.20 bits per heavy atom. The molecule has 13 nitrogen and oxygen atoms in total. The minimum atomic E-state index is -5.19. The topological polar surface area (TPSA) is 174 Å². The van der Waals surface area contributed by atoms with Crippen LogP contribution >= 0.6 is 0 Å². The van der Waals surface area contributed by atoms with Gasteiger partial charge in [-0.3, -0.25) is 14.4 Å². The van der Waals surface area contributed by atoms with E-state index in [-0.39, 0.29) is 41.3 Å². The van der Waals surface area contributed by atoms with Crippen molar-refractivity contribution < 1.29 is 46.6 Å². The normalized spacial score (nSPS) is 13.5. The number of nitrogens with one attached hydrogen (secondary N) is 1. The van der Waals surface area contributed by atoms with E-state index in [4.69, 9.17) is 15.7 Å². The molecule has 214 valence electrons. The van der Waals surface area contributed by atoms with Crippen LogP contribution in [-0.4, -0.2) is 85.6 Å². The van der Waals surface area contributed by atoms with Gasteiger partial charge in [0.25, 0.3) is 23.4 Å². The molecule has 0 saturated carbocycles. The van der Waals surface area contributed by atoms with Crippen LogP contribution in [0.1, 0.15) is 20.7 Å². The number of alkyl halides is 3. The van der Waals surface area contributed by atoms with E-state index >= 15 is 0 Å². The number of ketones is 1. The van der Waals surface area contributed by atoms with Gasteiger partial charge in [0.2, 0.25) is 0 Å². The van der Waals surface area contributed by atoms with Crippen molar-refractivity contribution in [2.24, 2.45) is 0 Å². The summed E-state index contributed by atoms with van der Waals surface area (Å²) in [5, 5.41) is 12.7. The zero-order valence-corrected chi connectivity index (χ0v) is 20.8. The van der Waals surface area contributed by atoms with Crippen molar-refractivity contribution >= 4 is 34.5 Å². The highest BCUT2D eigenvalue weighted by Gasteiger charge is 2.32. The highest BCUT2D eigenvalue weighted by Crippen LogP contribution is 2.26. The summed E-state index contributed by atoms with van der Waals surface area (Å²) < 4.78 is 47.6. The molecule has 0 radical (unpaired) electrons. The number of pyridine rings is 1. The summed E-state index contributed by atoms with van der Waals surface area (Å²) in [5.41, 5.74) is 0.671. The zero-order valence-electron chi connectivity index (χ0n) is 20.8. The third-order valence-electron chi connectivity index (χ3n) is 5.97. The van der Waals surface area contributed by atoms with Crippen LogP contribution < -0.4 is 15.7 Å². The summed E-state index contributed by atoms with van der Waals surface area (Å²) in [6.45, 7) is 0.984. The monoisotopic (exact) mass is 576 g/mol. The largest absolute Gasteiger partial charge is 0.542 e. The predicted octanol–water partition coefficient (Wildman–Crippen LogP) is -0.645. The van der Waals surface area contributed by atoms with Crippen LogP contribution in [0, 0.1) is 5.82 Å². The first-order valence-corrected chi connectivity index (χ1v) is 11.7. The molecule has 3 aromatic heterocycles. The summed E-state index contributed by atoms with van der Waals surface area (Å²) in [6, 6.07) is 8.86. The second-order valence-electron chi connectivity index (χ2n) is 8.56. The maximum Gasteiger partial charge on any atom is 0.430 e. The number of nitrogen functional groups attached to an aromatic ring is 1. The first-order valence-electron chi connectivity index (χ1n) is 11.7. The molecule has 4 aromatic rings. The quantitative estimate of drug-likeness (QED) is 0.106. The van der Waals surface area contributed by atoms with E-state index in [1.165, 1.54) is 28.2 Å². The Balaban J connectivity index is 0.000000493. The Bertz CT molecular complexity index is 1610. The zero-order chi connectivity index (χ0) is 29.9.